The summed E-state index contributed by atoms with van der Waals surface area (Å²) >= 11 is 0. The quantitative estimate of drug-likeness (QED) is 0.721. The van der Waals surface area contributed by atoms with Gasteiger partial charge >= 0.3 is 0 Å². The third-order valence-corrected chi connectivity index (χ3v) is 6.74. The predicted molar refractivity (Wildman–Crippen MR) is 65.8 cm³/mol. The highest BCUT2D eigenvalue weighted by atomic mass is 32.2. The van der Waals surface area contributed by atoms with Crippen molar-refractivity contribution >= 4 is 15.9 Å². The van der Waals surface area contributed by atoms with Crippen LogP contribution in [0.1, 0.15) is 46.5 Å². The Hall–Kier alpha value is -1.09. The van der Waals surface area contributed by atoms with Gasteiger partial charge in [0.15, 0.2) is 4.75 Å². The summed E-state index contributed by atoms with van der Waals surface area (Å²) in [7, 11) is -3.68. The van der Waals surface area contributed by atoms with E-state index in [-0.39, 0.29) is 0 Å². The zero-order valence-electron chi connectivity index (χ0n) is 10.9. The van der Waals surface area contributed by atoms with Gasteiger partial charge in [-0.15, -0.1) is 0 Å². The number of rotatable bonds is 1. The van der Waals surface area contributed by atoms with Crippen LogP contribution in [0.3, 0.4) is 0 Å². The molecule has 0 atom stereocenters. The minimum Gasteiger partial charge on any atom is -0.272 e. The predicted octanol–water partition coefficient (Wildman–Crippen LogP) is 1.41. The maximum atomic E-state index is 12.2. The fourth-order valence-electron chi connectivity index (χ4n) is 2.68. The van der Waals surface area contributed by atoms with Crippen molar-refractivity contribution in [2.45, 2.75) is 56.7 Å². The molecule has 0 bridgehead atoms. The molecule has 0 unspecified atom stereocenters. The van der Waals surface area contributed by atoms with Crippen LogP contribution in [0.2, 0.25) is 0 Å². The molecular formula is C12H18N2O3S. The average Bonchev–Trinajstić information content (AvgIpc) is 2.32. The number of hydrogen-bond acceptors (Lipinski definition) is 4. The van der Waals surface area contributed by atoms with E-state index in [1.807, 2.05) is 0 Å². The van der Waals surface area contributed by atoms with E-state index in [2.05, 4.69) is 13.0 Å². The molecule has 5 nitrogen and oxygen atoms in total. The number of hydrogen-bond donors (Lipinski definition) is 0. The molecule has 0 aromatic rings. The molecule has 0 spiro atoms. The first kappa shape index (κ1) is 13.3. The van der Waals surface area contributed by atoms with Crippen LogP contribution in [0.5, 0.6) is 0 Å². The van der Waals surface area contributed by atoms with E-state index in [1.165, 1.54) is 13.8 Å². The molecule has 18 heavy (non-hydrogen) atoms. The van der Waals surface area contributed by atoms with E-state index >= 15 is 0 Å². The second-order valence-electron chi connectivity index (χ2n) is 5.91. The first-order valence-corrected chi connectivity index (χ1v) is 7.64. The van der Waals surface area contributed by atoms with Crippen molar-refractivity contribution in [3.05, 3.63) is 0 Å². The Bertz CT molecular complexity index is 522. The maximum absolute atomic E-state index is 12.2. The monoisotopic (exact) mass is 270 g/mol. The molecule has 1 aliphatic carbocycles. The van der Waals surface area contributed by atoms with E-state index in [0.717, 1.165) is 17.1 Å². The van der Waals surface area contributed by atoms with Crippen molar-refractivity contribution in [1.82, 2.24) is 4.31 Å². The van der Waals surface area contributed by atoms with Gasteiger partial charge in [0.25, 0.3) is 15.9 Å². The molecule has 2 aliphatic rings. The molecule has 1 aliphatic heterocycles. The molecule has 0 aromatic heterocycles. The number of carbonyl (C=O) groups is 1. The summed E-state index contributed by atoms with van der Waals surface area (Å²) in [6.07, 6.45) is 2.47. The molecule has 2 fully saturated rings. The van der Waals surface area contributed by atoms with Crippen LogP contribution < -0.4 is 0 Å². The van der Waals surface area contributed by atoms with Gasteiger partial charge in [-0.2, -0.15) is 5.26 Å². The number of nitrogens with zero attached hydrogens (tertiary/aromatic N) is 2. The lowest BCUT2D eigenvalue weighted by molar-refractivity contribution is -0.136. The third kappa shape index (κ3) is 1.43. The molecule has 1 saturated heterocycles. The highest BCUT2D eigenvalue weighted by Crippen LogP contribution is 2.46. The lowest BCUT2D eigenvalue weighted by Gasteiger charge is -2.52. The number of nitriles is 1. The highest BCUT2D eigenvalue weighted by Gasteiger charge is 2.66. The number of sulfonamides is 1. The largest absolute Gasteiger partial charge is 0.272 e. The molecule has 100 valence electrons. The van der Waals surface area contributed by atoms with E-state index in [9.17, 15) is 18.5 Å². The fourth-order valence-corrected chi connectivity index (χ4v) is 4.44. The van der Waals surface area contributed by atoms with Crippen LogP contribution in [-0.4, -0.2) is 28.9 Å². The molecule has 1 amide bonds. The van der Waals surface area contributed by atoms with Gasteiger partial charge in [0.05, 0.1) is 6.07 Å². The molecule has 2 rings (SSSR count). The third-order valence-electron chi connectivity index (χ3n) is 4.28. The zero-order chi connectivity index (χ0) is 13.8. The van der Waals surface area contributed by atoms with Gasteiger partial charge in [0.1, 0.15) is 5.54 Å². The van der Waals surface area contributed by atoms with Gasteiger partial charge in [0, 0.05) is 0 Å². The number of amides is 1. The Balaban J connectivity index is 2.38. The van der Waals surface area contributed by atoms with E-state index in [1.54, 1.807) is 0 Å². The van der Waals surface area contributed by atoms with E-state index in [4.69, 9.17) is 0 Å². The van der Waals surface area contributed by atoms with Crippen molar-refractivity contribution < 1.29 is 13.2 Å². The first-order chi connectivity index (χ1) is 8.19. The first-order valence-electron chi connectivity index (χ1n) is 6.20. The minimum absolute atomic E-state index is 0.446. The van der Waals surface area contributed by atoms with Gasteiger partial charge in [0.2, 0.25) is 0 Å². The van der Waals surface area contributed by atoms with Gasteiger partial charge in [-0.05, 0) is 45.4 Å². The number of carbonyl (C=O) groups excluding carboxylic acids is 1. The topological polar surface area (TPSA) is 78.2 Å². The molecule has 1 saturated carbocycles. The van der Waals surface area contributed by atoms with Crippen molar-refractivity contribution in [2.24, 2.45) is 5.92 Å². The van der Waals surface area contributed by atoms with Crippen LogP contribution in [0, 0.1) is 17.2 Å². The maximum Gasteiger partial charge on any atom is 0.260 e. The van der Waals surface area contributed by atoms with E-state index in [0.29, 0.717) is 18.8 Å². The lowest BCUT2D eigenvalue weighted by atomic mass is 9.77. The smallest absolute Gasteiger partial charge is 0.260 e. The molecule has 1 heterocycles. The van der Waals surface area contributed by atoms with Crippen LogP contribution in [0.4, 0.5) is 0 Å². The summed E-state index contributed by atoms with van der Waals surface area (Å²) in [5.41, 5.74) is -1.14. The highest BCUT2D eigenvalue weighted by molar-refractivity contribution is 7.94. The van der Waals surface area contributed by atoms with Crippen molar-refractivity contribution in [3.63, 3.8) is 0 Å². The zero-order valence-corrected chi connectivity index (χ0v) is 11.7. The normalized spacial score (nSPS) is 37.8. The summed E-state index contributed by atoms with van der Waals surface area (Å²) in [6, 6.07) is 2.09. The Morgan fingerprint density at radius 1 is 1.33 bits per heavy atom. The summed E-state index contributed by atoms with van der Waals surface area (Å²) < 4.78 is 23.8. The standard InChI is InChI=1S/C12H18N2O3S/c1-9-4-6-12(8-13,7-5-9)14-10(15)11(2,3)18(14,16)17/h9H,4-7H2,1-3H3. The summed E-state index contributed by atoms with van der Waals surface area (Å²) in [4.78, 5) is 12.0. The SMILES string of the molecule is CC1CCC(C#N)(N2C(=O)C(C)(C)S2(=O)=O)CC1. The van der Waals surface area contributed by atoms with E-state index < -0.39 is 26.2 Å². The van der Waals surface area contributed by atoms with Gasteiger partial charge in [-0.25, -0.2) is 12.7 Å². The minimum atomic E-state index is -3.68. The van der Waals surface area contributed by atoms with Crippen LogP contribution in [-0.2, 0) is 14.8 Å². The fraction of sp³-hybridized carbons (Fsp3) is 0.833. The van der Waals surface area contributed by atoms with Crippen molar-refractivity contribution in [2.75, 3.05) is 0 Å². The second-order valence-corrected chi connectivity index (χ2v) is 8.25. The summed E-state index contributed by atoms with van der Waals surface area (Å²) in [5.74, 6) is 0.0390. The van der Waals surface area contributed by atoms with Crippen LogP contribution >= 0.6 is 0 Å². The molecule has 6 heteroatoms. The van der Waals surface area contributed by atoms with Crippen molar-refractivity contribution in [1.29, 1.82) is 5.26 Å². The average molecular weight is 270 g/mol. The molecule has 0 aromatic carbocycles. The Kier molecular flexibility index (Phi) is 2.74. The molecular weight excluding hydrogens is 252 g/mol. The van der Waals surface area contributed by atoms with Gasteiger partial charge < -0.3 is 0 Å². The van der Waals surface area contributed by atoms with Gasteiger partial charge in [-0.1, -0.05) is 6.92 Å². The Morgan fingerprint density at radius 2 is 1.83 bits per heavy atom. The molecule has 0 N–H and O–H groups in total. The second kappa shape index (κ2) is 3.70. The molecule has 0 radical (unpaired) electrons. The van der Waals surface area contributed by atoms with Crippen LogP contribution in [0.25, 0.3) is 0 Å². The summed E-state index contributed by atoms with van der Waals surface area (Å²) in [5, 5.41) is 9.38. The Labute approximate surface area is 108 Å². The summed E-state index contributed by atoms with van der Waals surface area (Å²) in [6.45, 7) is 4.88. The van der Waals surface area contributed by atoms with Crippen LogP contribution in [0.15, 0.2) is 0 Å². The lowest BCUT2D eigenvalue weighted by Crippen LogP contribution is -2.74. The van der Waals surface area contributed by atoms with Gasteiger partial charge in [-0.3, -0.25) is 4.79 Å². The Morgan fingerprint density at radius 3 is 2.22 bits per heavy atom. The van der Waals surface area contributed by atoms with Crippen molar-refractivity contribution in [3.8, 4) is 6.07 Å².